The van der Waals surface area contributed by atoms with Gasteiger partial charge in [-0.25, -0.2) is 13.8 Å². The Kier molecular flexibility index (Phi) is 3.00. The molecule has 0 amide bonds. The van der Waals surface area contributed by atoms with E-state index in [2.05, 4.69) is 10.3 Å². The van der Waals surface area contributed by atoms with Crippen molar-refractivity contribution in [3.63, 3.8) is 0 Å². The van der Waals surface area contributed by atoms with Gasteiger partial charge in [0.05, 0.1) is 29.1 Å². The second-order valence-electron chi connectivity index (χ2n) is 3.18. The minimum absolute atomic E-state index is 0.0865. The fourth-order valence-electron chi connectivity index (χ4n) is 1.24. The van der Waals surface area contributed by atoms with Crippen LogP contribution in [-0.2, 0) is 6.54 Å². The van der Waals surface area contributed by atoms with Crippen molar-refractivity contribution in [3.8, 4) is 0 Å². The molecule has 0 fully saturated rings. The number of nitrogen functional groups attached to an aromatic ring is 1. The molecule has 0 saturated carbocycles. The summed E-state index contributed by atoms with van der Waals surface area (Å²) in [6, 6.07) is 1.91. The van der Waals surface area contributed by atoms with Crippen LogP contribution in [0.2, 0.25) is 0 Å². The summed E-state index contributed by atoms with van der Waals surface area (Å²) in [6.07, 6.45) is 0. The van der Waals surface area contributed by atoms with Gasteiger partial charge in [0.2, 0.25) is 0 Å². The van der Waals surface area contributed by atoms with E-state index >= 15 is 0 Å². The van der Waals surface area contributed by atoms with Crippen LogP contribution in [0.15, 0.2) is 23.0 Å². The fraction of sp³-hybridized carbons (Fsp3) is 0.100. The van der Waals surface area contributed by atoms with Crippen molar-refractivity contribution in [2.45, 2.75) is 6.54 Å². The number of hydrogen-bond acceptors (Lipinski definition) is 4. The van der Waals surface area contributed by atoms with E-state index in [-0.39, 0.29) is 11.4 Å². The van der Waals surface area contributed by atoms with Gasteiger partial charge < -0.3 is 11.1 Å². The van der Waals surface area contributed by atoms with Crippen LogP contribution in [0.1, 0.15) is 5.69 Å². The van der Waals surface area contributed by atoms with Gasteiger partial charge in [0, 0.05) is 11.4 Å². The lowest BCUT2D eigenvalue weighted by Crippen LogP contribution is -2.04. The number of rotatable bonds is 3. The lowest BCUT2D eigenvalue weighted by molar-refractivity contribution is 0.587. The molecule has 16 heavy (non-hydrogen) atoms. The maximum atomic E-state index is 13.1. The highest BCUT2D eigenvalue weighted by molar-refractivity contribution is 7.07. The van der Waals surface area contributed by atoms with Gasteiger partial charge in [0.15, 0.2) is 5.82 Å². The zero-order valence-electron chi connectivity index (χ0n) is 8.21. The molecule has 3 nitrogen and oxygen atoms in total. The molecule has 1 heterocycles. The number of nitrogens with zero attached hydrogens (tertiary/aromatic N) is 1. The summed E-state index contributed by atoms with van der Waals surface area (Å²) >= 11 is 1.45. The third kappa shape index (κ3) is 2.27. The first-order valence-corrected chi connectivity index (χ1v) is 5.46. The van der Waals surface area contributed by atoms with Crippen molar-refractivity contribution < 1.29 is 8.78 Å². The molecule has 0 aliphatic heterocycles. The van der Waals surface area contributed by atoms with Gasteiger partial charge in [-0.05, 0) is 6.07 Å². The van der Waals surface area contributed by atoms with Crippen LogP contribution in [0.3, 0.4) is 0 Å². The summed E-state index contributed by atoms with van der Waals surface area (Å²) in [7, 11) is 0. The van der Waals surface area contributed by atoms with Crippen molar-refractivity contribution in [1.82, 2.24) is 4.98 Å². The van der Waals surface area contributed by atoms with E-state index in [9.17, 15) is 8.78 Å². The van der Waals surface area contributed by atoms with Gasteiger partial charge in [-0.15, -0.1) is 11.3 Å². The van der Waals surface area contributed by atoms with E-state index in [1.54, 1.807) is 5.51 Å². The van der Waals surface area contributed by atoms with E-state index in [0.29, 0.717) is 6.54 Å². The van der Waals surface area contributed by atoms with Crippen molar-refractivity contribution in [2.75, 3.05) is 11.1 Å². The predicted octanol–water partition coefficient (Wildman–Crippen LogP) is 2.62. The molecule has 1 aromatic carbocycles. The van der Waals surface area contributed by atoms with Crippen LogP contribution in [0.4, 0.5) is 20.2 Å². The molecule has 0 aliphatic rings. The lowest BCUT2D eigenvalue weighted by Gasteiger charge is -2.08. The molecule has 0 spiro atoms. The number of thiazole rings is 1. The first-order chi connectivity index (χ1) is 7.66. The summed E-state index contributed by atoms with van der Waals surface area (Å²) in [5.74, 6) is -1.42. The maximum Gasteiger partial charge on any atom is 0.151 e. The monoisotopic (exact) mass is 241 g/mol. The second-order valence-corrected chi connectivity index (χ2v) is 3.90. The van der Waals surface area contributed by atoms with Gasteiger partial charge in [-0.1, -0.05) is 0 Å². The lowest BCUT2D eigenvalue weighted by atomic mass is 10.2. The van der Waals surface area contributed by atoms with Gasteiger partial charge in [-0.3, -0.25) is 0 Å². The van der Waals surface area contributed by atoms with Crippen LogP contribution in [-0.4, -0.2) is 4.98 Å². The fourth-order valence-corrected chi connectivity index (χ4v) is 1.80. The van der Waals surface area contributed by atoms with Crippen molar-refractivity contribution >= 4 is 22.7 Å². The molecule has 3 N–H and O–H groups in total. The van der Waals surface area contributed by atoms with E-state index in [1.807, 2.05) is 5.38 Å². The molecule has 2 rings (SSSR count). The molecule has 0 aliphatic carbocycles. The Bertz CT molecular complexity index is 485. The summed E-state index contributed by atoms with van der Waals surface area (Å²) < 4.78 is 26.0. The molecule has 0 saturated heterocycles. The minimum atomic E-state index is -0.763. The van der Waals surface area contributed by atoms with Crippen LogP contribution in [0, 0.1) is 11.6 Å². The first kappa shape index (κ1) is 10.8. The van der Waals surface area contributed by atoms with Crippen LogP contribution in [0.5, 0.6) is 0 Å². The molecule has 2 aromatic rings. The third-order valence-corrected chi connectivity index (χ3v) is 2.67. The summed E-state index contributed by atoms with van der Waals surface area (Å²) in [4.78, 5) is 4.03. The maximum absolute atomic E-state index is 13.1. The van der Waals surface area contributed by atoms with Gasteiger partial charge >= 0.3 is 0 Å². The highest BCUT2D eigenvalue weighted by Gasteiger charge is 2.07. The van der Waals surface area contributed by atoms with E-state index in [0.717, 1.165) is 17.8 Å². The molecule has 0 bridgehead atoms. The van der Waals surface area contributed by atoms with Crippen molar-refractivity contribution in [3.05, 3.63) is 40.4 Å². The Labute approximate surface area is 94.9 Å². The largest absolute Gasteiger partial charge is 0.395 e. The highest BCUT2D eigenvalue weighted by atomic mass is 32.1. The Morgan fingerprint density at radius 1 is 1.38 bits per heavy atom. The molecule has 0 unspecified atom stereocenters. The summed E-state index contributed by atoms with van der Waals surface area (Å²) in [5, 5.41) is 4.68. The molecular formula is C10H9F2N3S. The Hall–Kier alpha value is -1.69. The molecule has 1 aromatic heterocycles. The van der Waals surface area contributed by atoms with Crippen molar-refractivity contribution in [2.24, 2.45) is 0 Å². The average molecular weight is 241 g/mol. The normalized spacial score (nSPS) is 10.4. The van der Waals surface area contributed by atoms with E-state index < -0.39 is 11.6 Å². The van der Waals surface area contributed by atoms with Crippen LogP contribution < -0.4 is 11.1 Å². The molecule has 0 radical (unpaired) electrons. The van der Waals surface area contributed by atoms with Gasteiger partial charge in [0.1, 0.15) is 5.82 Å². The number of halogens is 2. The predicted molar refractivity (Wildman–Crippen MR) is 60.2 cm³/mol. The van der Waals surface area contributed by atoms with Crippen LogP contribution in [0.25, 0.3) is 0 Å². The smallest absolute Gasteiger partial charge is 0.151 e. The number of nitrogens with two attached hydrogens (primary N) is 1. The number of aromatic nitrogens is 1. The number of anilines is 2. The molecule has 0 atom stereocenters. The Morgan fingerprint density at radius 2 is 2.19 bits per heavy atom. The average Bonchev–Trinajstić information content (AvgIpc) is 2.74. The van der Waals surface area contributed by atoms with Gasteiger partial charge in [-0.2, -0.15) is 0 Å². The zero-order chi connectivity index (χ0) is 11.5. The highest BCUT2D eigenvalue weighted by Crippen LogP contribution is 2.23. The zero-order valence-corrected chi connectivity index (χ0v) is 9.02. The molecular weight excluding hydrogens is 232 g/mol. The third-order valence-electron chi connectivity index (χ3n) is 2.04. The topological polar surface area (TPSA) is 50.9 Å². The summed E-state index contributed by atoms with van der Waals surface area (Å²) in [6.45, 7) is 0.386. The van der Waals surface area contributed by atoms with E-state index in [4.69, 9.17) is 5.73 Å². The standard InChI is InChI=1S/C10H9F2N3S/c11-6-1-8(12)10(13)9(2-6)14-3-7-4-16-5-15-7/h1-2,4-5,14H,3,13H2. The molecule has 6 heteroatoms. The number of hydrogen-bond donors (Lipinski definition) is 2. The Balaban J connectivity index is 2.15. The first-order valence-electron chi connectivity index (χ1n) is 4.52. The van der Waals surface area contributed by atoms with Gasteiger partial charge in [0.25, 0.3) is 0 Å². The molecule has 84 valence electrons. The van der Waals surface area contributed by atoms with Crippen LogP contribution >= 0.6 is 11.3 Å². The quantitative estimate of drug-likeness (QED) is 0.812. The number of benzene rings is 1. The summed E-state index contributed by atoms with van der Waals surface area (Å²) in [5.41, 5.74) is 8.11. The minimum Gasteiger partial charge on any atom is -0.395 e. The second kappa shape index (κ2) is 4.44. The SMILES string of the molecule is Nc1c(F)cc(F)cc1NCc1cscn1. The Morgan fingerprint density at radius 3 is 2.88 bits per heavy atom. The van der Waals surface area contributed by atoms with Crippen molar-refractivity contribution in [1.29, 1.82) is 0 Å². The number of nitrogens with one attached hydrogen (secondary N) is 1. The van der Waals surface area contributed by atoms with E-state index in [1.165, 1.54) is 11.3 Å².